The van der Waals surface area contributed by atoms with Crippen LogP contribution in [-0.4, -0.2) is 22.2 Å². The lowest BCUT2D eigenvalue weighted by atomic mass is 9.80. The molecule has 1 fully saturated rings. The first-order chi connectivity index (χ1) is 7.59. The number of nitrogens with zero attached hydrogens (tertiary/aromatic N) is 1. The Morgan fingerprint density at radius 3 is 2.81 bits per heavy atom. The highest BCUT2D eigenvalue weighted by Crippen LogP contribution is 2.31. The SMILES string of the molecule is O=[N+]([O-])c1ccc(CNCC2(O)CCC2)s1. The molecule has 0 radical (unpaired) electrons. The summed E-state index contributed by atoms with van der Waals surface area (Å²) in [4.78, 5) is 11.0. The molecule has 0 unspecified atom stereocenters. The van der Waals surface area contributed by atoms with Crippen molar-refractivity contribution in [3.63, 3.8) is 0 Å². The van der Waals surface area contributed by atoms with Crippen molar-refractivity contribution < 1.29 is 10.0 Å². The third-order valence-corrected chi connectivity index (χ3v) is 3.90. The molecule has 6 heteroatoms. The highest BCUT2D eigenvalue weighted by atomic mass is 32.1. The summed E-state index contributed by atoms with van der Waals surface area (Å²) < 4.78 is 0. The maximum Gasteiger partial charge on any atom is 0.324 e. The molecule has 5 nitrogen and oxygen atoms in total. The van der Waals surface area contributed by atoms with E-state index >= 15 is 0 Å². The standard InChI is InChI=1S/C10H14N2O3S/c13-10(4-1-5-10)7-11-6-8-2-3-9(16-8)12(14)15/h2-3,11,13H,1,4-7H2. The topological polar surface area (TPSA) is 75.4 Å². The Kier molecular flexibility index (Phi) is 3.22. The van der Waals surface area contributed by atoms with Gasteiger partial charge in [-0.15, -0.1) is 0 Å². The first-order valence-electron chi connectivity index (χ1n) is 5.25. The molecule has 1 aromatic heterocycles. The normalized spacial score (nSPS) is 18.1. The molecule has 0 atom stereocenters. The Balaban J connectivity index is 1.78. The molecule has 1 aliphatic carbocycles. The summed E-state index contributed by atoms with van der Waals surface area (Å²) >= 11 is 1.17. The molecule has 16 heavy (non-hydrogen) atoms. The zero-order valence-electron chi connectivity index (χ0n) is 8.81. The van der Waals surface area contributed by atoms with Gasteiger partial charge in [0.1, 0.15) is 0 Å². The van der Waals surface area contributed by atoms with E-state index in [-0.39, 0.29) is 9.92 Å². The molecule has 2 N–H and O–H groups in total. The zero-order valence-corrected chi connectivity index (χ0v) is 9.63. The van der Waals surface area contributed by atoms with Crippen LogP contribution in [0.15, 0.2) is 12.1 Å². The van der Waals surface area contributed by atoms with E-state index in [0.29, 0.717) is 13.1 Å². The molecule has 2 rings (SSSR count). The van der Waals surface area contributed by atoms with Crippen LogP contribution in [0, 0.1) is 10.1 Å². The van der Waals surface area contributed by atoms with Gasteiger partial charge in [-0.25, -0.2) is 0 Å². The van der Waals surface area contributed by atoms with Crippen molar-refractivity contribution in [1.82, 2.24) is 5.32 Å². The lowest BCUT2D eigenvalue weighted by Crippen LogP contribution is -2.45. The molecule has 0 amide bonds. The minimum absolute atomic E-state index is 0.166. The maximum atomic E-state index is 10.5. The predicted octanol–water partition coefficient (Wildman–Crippen LogP) is 1.66. The van der Waals surface area contributed by atoms with Crippen LogP contribution >= 0.6 is 11.3 Å². The average molecular weight is 242 g/mol. The summed E-state index contributed by atoms with van der Waals surface area (Å²) in [6.45, 7) is 1.15. The fourth-order valence-corrected chi connectivity index (χ4v) is 2.53. The van der Waals surface area contributed by atoms with E-state index in [0.717, 1.165) is 24.1 Å². The van der Waals surface area contributed by atoms with E-state index in [1.807, 2.05) is 0 Å². The van der Waals surface area contributed by atoms with Crippen molar-refractivity contribution in [3.8, 4) is 0 Å². The molecule has 1 aliphatic rings. The van der Waals surface area contributed by atoms with Crippen molar-refractivity contribution in [1.29, 1.82) is 0 Å². The maximum absolute atomic E-state index is 10.5. The fraction of sp³-hybridized carbons (Fsp3) is 0.600. The number of hydrogen-bond acceptors (Lipinski definition) is 5. The monoisotopic (exact) mass is 242 g/mol. The Hall–Kier alpha value is -0.980. The number of hydrogen-bond donors (Lipinski definition) is 2. The minimum Gasteiger partial charge on any atom is -0.389 e. The molecule has 0 saturated heterocycles. The van der Waals surface area contributed by atoms with Gasteiger partial charge in [-0.3, -0.25) is 10.1 Å². The van der Waals surface area contributed by atoms with Gasteiger partial charge in [-0.1, -0.05) is 11.3 Å². The van der Waals surface area contributed by atoms with Crippen LogP contribution in [0.5, 0.6) is 0 Å². The largest absolute Gasteiger partial charge is 0.389 e. The average Bonchev–Trinajstić information content (AvgIpc) is 2.64. The van der Waals surface area contributed by atoms with Gasteiger partial charge in [0.05, 0.1) is 10.5 Å². The minimum atomic E-state index is -0.538. The molecule has 1 saturated carbocycles. The summed E-state index contributed by atoms with van der Waals surface area (Å²) in [5, 5.41) is 23.6. The highest BCUT2D eigenvalue weighted by molar-refractivity contribution is 7.15. The van der Waals surface area contributed by atoms with Crippen LogP contribution in [0.2, 0.25) is 0 Å². The summed E-state index contributed by atoms with van der Waals surface area (Å²) in [5.74, 6) is 0. The van der Waals surface area contributed by atoms with Gasteiger partial charge >= 0.3 is 5.00 Å². The van der Waals surface area contributed by atoms with E-state index in [1.165, 1.54) is 17.4 Å². The smallest absolute Gasteiger partial charge is 0.324 e. The fourth-order valence-electron chi connectivity index (χ4n) is 1.74. The molecule has 0 bridgehead atoms. The molecule has 0 aliphatic heterocycles. The second-order valence-corrected chi connectivity index (χ2v) is 5.33. The Bertz CT molecular complexity index is 387. The van der Waals surface area contributed by atoms with E-state index in [4.69, 9.17) is 0 Å². The molecule has 0 spiro atoms. The molecular formula is C10H14N2O3S. The van der Waals surface area contributed by atoms with Crippen molar-refractivity contribution in [3.05, 3.63) is 27.1 Å². The van der Waals surface area contributed by atoms with E-state index in [9.17, 15) is 15.2 Å². The molecule has 88 valence electrons. The Morgan fingerprint density at radius 1 is 1.56 bits per heavy atom. The van der Waals surface area contributed by atoms with Crippen LogP contribution in [0.1, 0.15) is 24.1 Å². The lowest BCUT2D eigenvalue weighted by molar-refractivity contribution is -0.380. The zero-order chi connectivity index (χ0) is 11.6. The third-order valence-electron chi connectivity index (χ3n) is 2.86. The quantitative estimate of drug-likeness (QED) is 0.608. The number of aliphatic hydroxyl groups is 1. The predicted molar refractivity (Wildman–Crippen MR) is 61.5 cm³/mol. The first kappa shape index (κ1) is 11.5. The molecule has 1 aromatic rings. The van der Waals surface area contributed by atoms with Gasteiger partial charge in [0.2, 0.25) is 0 Å². The Labute approximate surface area is 97.3 Å². The van der Waals surface area contributed by atoms with Crippen LogP contribution in [0.4, 0.5) is 5.00 Å². The van der Waals surface area contributed by atoms with Crippen LogP contribution in [-0.2, 0) is 6.54 Å². The van der Waals surface area contributed by atoms with Gasteiger partial charge in [0.25, 0.3) is 0 Å². The van der Waals surface area contributed by atoms with Crippen LogP contribution in [0.3, 0.4) is 0 Å². The van der Waals surface area contributed by atoms with Crippen LogP contribution in [0.25, 0.3) is 0 Å². The van der Waals surface area contributed by atoms with Crippen molar-refractivity contribution in [2.75, 3.05) is 6.54 Å². The first-order valence-corrected chi connectivity index (χ1v) is 6.07. The number of nitro groups is 1. The van der Waals surface area contributed by atoms with Gasteiger partial charge in [0.15, 0.2) is 0 Å². The number of nitrogens with one attached hydrogen (secondary N) is 1. The molecular weight excluding hydrogens is 228 g/mol. The molecule has 1 heterocycles. The van der Waals surface area contributed by atoms with Crippen molar-refractivity contribution in [2.45, 2.75) is 31.4 Å². The second-order valence-electron chi connectivity index (χ2n) is 4.18. The van der Waals surface area contributed by atoms with Gasteiger partial charge < -0.3 is 10.4 Å². The summed E-state index contributed by atoms with van der Waals surface area (Å²) in [7, 11) is 0. The van der Waals surface area contributed by atoms with Crippen LogP contribution < -0.4 is 5.32 Å². The van der Waals surface area contributed by atoms with Gasteiger partial charge in [-0.05, 0) is 25.3 Å². The lowest BCUT2D eigenvalue weighted by Gasteiger charge is -2.36. The molecule has 0 aromatic carbocycles. The van der Waals surface area contributed by atoms with Crippen molar-refractivity contribution in [2.24, 2.45) is 0 Å². The van der Waals surface area contributed by atoms with Gasteiger partial charge in [-0.2, -0.15) is 0 Å². The summed E-state index contributed by atoms with van der Waals surface area (Å²) in [6.07, 6.45) is 2.79. The number of rotatable bonds is 5. The highest BCUT2D eigenvalue weighted by Gasteiger charge is 2.33. The van der Waals surface area contributed by atoms with E-state index in [1.54, 1.807) is 6.07 Å². The van der Waals surface area contributed by atoms with E-state index in [2.05, 4.69) is 5.32 Å². The third kappa shape index (κ3) is 2.58. The second kappa shape index (κ2) is 4.48. The Morgan fingerprint density at radius 2 is 2.31 bits per heavy atom. The van der Waals surface area contributed by atoms with Crippen molar-refractivity contribution >= 4 is 16.3 Å². The van der Waals surface area contributed by atoms with Gasteiger partial charge in [0, 0.05) is 24.0 Å². The van der Waals surface area contributed by atoms with E-state index < -0.39 is 5.60 Å². The summed E-state index contributed by atoms with van der Waals surface area (Å²) in [5.41, 5.74) is -0.538. The number of thiophene rings is 1. The summed E-state index contributed by atoms with van der Waals surface area (Å²) in [6, 6.07) is 3.26.